The number of carbonyl (C=O) groups excluding carboxylic acids is 1. The third-order valence-electron chi connectivity index (χ3n) is 7.17. The number of carbonyl (C=O) groups is 1. The number of unbranched alkanes of at least 4 members (excludes halogenated alkanes) is 1. The minimum atomic E-state index is -0.131. The summed E-state index contributed by atoms with van der Waals surface area (Å²) in [5.74, 6) is 2.32. The Labute approximate surface area is 211 Å². The Morgan fingerprint density at radius 3 is 2.47 bits per heavy atom. The first-order valence-corrected chi connectivity index (χ1v) is 12.1. The van der Waals surface area contributed by atoms with E-state index in [9.17, 15) is 4.79 Å². The van der Waals surface area contributed by atoms with Crippen LogP contribution in [0.1, 0.15) is 56.9 Å². The number of halogens is 1. The lowest BCUT2D eigenvalue weighted by atomic mass is 9.79. The molecule has 3 N–H and O–H groups in total. The molecule has 2 saturated heterocycles. The van der Waals surface area contributed by atoms with Crippen LogP contribution in [0.15, 0.2) is 35.3 Å². The highest BCUT2D eigenvalue weighted by Crippen LogP contribution is 2.34. The van der Waals surface area contributed by atoms with Gasteiger partial charge in [-0.05, 0) is 69.1 Å². The monoisotopic (exact) mass is 555 g/mol. The van der Waals surface area contributed by atoms with Gasteiger partial charge in [0.1, 0.15) is 0 Å². The van der Waals surface area contributed by atoms with Gasteiger partial charge in [-0.3, -0.25) is 9.79 Å². The number of likely N-dealkylation sites (tertiary alicyclic amines) is 2. The molecular weight excluding hydrogens is 513 g/mol. The molecule has 2 fully saturated rings. The summed E-state index contributed by atoms with van der Waals surface area (Å²) in [5, 5.41) is 3.59. The van der Waals surface area contributed by atoms with Gasteiger partial charge in [-0.25, -0.2) is 0 Å². The van der Waals surface area contributed by atoms with Crippen molar-refractivity contribution < 1.29 is 4.79 Å². The number of rotatable bonds is 8. The Kier molecular flexibility index (Phi) is 11.8. The van der Waals surface area contributed by atoms with Crippen molar-refractivity contribution in [3.8, 4) is 0 Å². The van der Waals surface area contributed by atoms with Crippen LogP contribution in [0.2, 0.25) is 0 Å². The highest BCUT2D eigenvalue weighted by molar-refractivity contribution is 14.0. The lowest BCUT2D eigenvalue weighted by Gasteiger charge is -2.40. The van der Waals surface area contributed by atoms with Crippen LogP contribution in [0.4, 0.5) is 0 Å². The number of hydrogen-bond acceptors (Lipinski definition) is 3. The zero-order valence-electron chi connectivity index (χ0n) is 19.8. The summed E-state index contributed by atoms with van der Waals surface area (Å²) in [6.07, 6.45) is 6.50. The van der Waals surface area contributed by atoms with Gasteiger partial charge in [-0.15, -0.1) is 24.0 Å². The molecule has 2 heterocycles. The van der Waals surface area contributed by atoms with E-state index in [1.54, 1.807) is 0 Å². The molecule has 7 heteroatoms. The number of aliphatic imine (C=N–C) groups is 1. The van der Waals surface area contributed by atoms with E-state index in [0.717, 1.165) is 64.5 Å². The summed E-state index contributed by atoms with van der Waals surface area (Å²) in [7, 11) is 1.90. The van der Waals surface area contributed by atoms with Gasteiger partial charge in [0, 0.05) is 32.6 Å². The lowest BCUT2D eigenvalue weighted by molar-refractivity contribution is -0.123. The molecule has 0 aliphatic carbocycles. The molecule has 0 aromatic heterocycles. The third kappa shape index (κ3) is 7.61. The average Bonchev–Trinajstić information content (AvgIpc) is 2.82. The maximum Gasteiger partial charge on any atom is 0.220 e. The van der Waals surface area contributed by atoms with Crippen molar-refractivity contribution in [3.63, 3.8) is 0 Å². The van der Waals surface area contributed by atoms with E-state index in [-0.39, 0.29) is 35.8 Å². The van der Waals surface area contributed by atoms with Gasteiger partial charge in [0.2, 0.25) is 5.91 Å². The minimum absolute atomic E-state index is 0. The molecule has 3 rings (SSSR count). The molecule has 2 aliphatic rings. The number of piperidine rings is 2. The van der Waals surface area contributed by atoms with Crippen molar-refractivity contribution in [1.29, 1.82) is 0 Å². The van der Waals surface area contributed by atoms with E-state index in [0.29, 0.717) is 11.8 Å². The molecule has 2 aliphatic heterocycles. The predicted molar refractivity (Wildman–Crippen MR) is 144 cm³/mol. The fraction of sp³-hybridized carbons (Fsp3) is 0.680. The summed E-state index contributed by atoms with van der Waals surface area (Å²) in [6.45, 7) is 8.50. The number of benzene rings is 1. The van der Waals surface area contributed by atoms with E-state index in [1.165, 1.54) is 24.8 Å². The fourth-order valence-electron chi connectivity index (χ4n) is 5.21. The number of guanidine groups is 1. The summed E-state index contributed by atoms with van der Waals surface area (Å²) in [5.41, 5.74) is 6.91. The van der Waals surface area contributed by atoms with Gasteiger partial charge in [-0.1, -0.05) is 43.7 Å². The van der Waals surface area contributed by atoms with Crippen molar-refractivity contribution in [1.82, 2.24) is 15.1 Å². The Morgan fingerprint density at radius 1 is 1.12 bits per heavy atom. The van der Waals surface area contributed by atoms with Gasteiger partial charge in [0.15, 0.2) is 5.96 Å². The predicted octanol–water partition coefficient (Wildman–Crippen LogP) is 3.67. The first kappa shape index (κ1) is 26.9. The van der Waals surface area contributed by atoms with E-state index in [4.69, 9.17) is 5.73 Å². The summed E-state index contributed by atoms with van der Waals surface area (Å²) < 4.78 is 0. The van der Waals surface area contributed by atoms with E-state index < -0.39 is 0 Å². The summed E-state index contributed by atoms with van der Waals surface area (Å²) in [6, 6.07) is 11.0. The van der Waals surface area contributed by atoms with Gasteiger partial charge in [-0.2, -0.15) is 0 Å². The van der Waals surface area contributed by atoms with Crippen molar-refractivity contribution in [2.45, 2.75) is 51.4 Å². The van der Waals surface area contributed by atoms with Gasteiger partial charge >= 0.3 is 0 Å². The molecule has 2 unspecified atom stereocenters. The molecule has 1 amide bonds. The molecule has 6 nitrogen and oxygen atoms in total. The Morgan fingerprint density at radius 2 is 1.84 bits per heavy atom. The molecule has 180 valence electrons. The van der Waals surface area contributed by atoms with Crippen molar-refractivity contribution >= 4 is 35.8 Å². The molecule has 2 atom stereocenters. The quantitative estimate of drug-likeness (QED) is 0.222. The number of nitrogens with zero attached hydrogens (tertiary/aromatic N) is 3. The second-order valence-electron chi connectivity index (χ2n) is 9.12. The molecule has 0 spiro atoms. The lowest BCUT2D eigenvalue weighted by Crippen LogP contribution is -2.48. The zero-order chi connectivity index (χ0) is 22.1. The molecule has 0 bridgehead atoms. The largest absolute Gasteiger partial charge is 0.369 e. The molecule has 0 saturated carbocycles. The molecule has 32 heavy (non-hydrogen) atoms. The second-order valence-corrected chi connectivity index (χ2v) is 9.12. The second kappa shape index (κ2) is 14.0. The van der Waals surface area contributed by atoms with E-state index in [2.05, 4.69) is 57.4 Å². The topological polar surface area (TPSA) is 74.0 Å². The number of nitrogens with one attached hydrogen (secondary N) is 1. The molecular formula is C25H42IN5O. The normalized spacial score (nSPS) is 22.9. The fourth-order valence-corrected chi connectivity index (χ4v) is 5.21. The van der Waals surface area contributed by atoms with Crippen LogP contribution in [0.5, 0.6) is 0 Å². The Bertz CT molecular complexity index is 706. The van der Waals surface area contributed by atoms with Crippen molar-refractivity contribution in [3.05, 3.63) is 35.9 Å². The van der Waals surface area contributed by atoms with Gasteiger partial charge < -0.3 is 20.9 Å². The van der Waals surface area contributed by atoms with Gasteiger partial charge in [0.05, 0.1) is 0 Å². The van der Waals surface area contributed by atoms with Crippen LogP contribution in [0, 0.1) is 11.8 Å². The number of amides is 1. The summed E-state index contributed by atoms with van der Waals surface area (Å²) >= 11 is 0. The third-order valence-corrected chi connectivity index (χ3v) is 7.17. The first-order valence-electron chi connectivity index (χ1n) is 12.1. The van der Waals surface area contributed by atoms with Crippen LogP contribution in [0.25, 0.3) is 0 Å². The zero-order valence-corrected chi connectivity index (χ0v) is 22.2. The highest BCUT2D eigenvalue weighted by Gasteiger charge is 2.30. The van der Waals surface area contributed by atoms with Crippen molar-refractivity contribution in [2.75, 3.05) is 46.3 Å². The maximum absolute atomic E-state index is 11.3. The Hall–Kier alpha value is -1.35. The summed E-state index contributed by atoms with van der Waals surface area (Å²) in [4.78, 5) is 20.8. The van der Waals surface area contributed by atoms with Crippen LogP contribution in [0.3, 0.4) is 0 Å². The average molecular weight is 556 g/mol. The molecule has 1 aromatic rings. The van der Waals surface area contributed by atoms with E-state index >= 15 is 0 Å². The maximum atomic E-state index is 11.3. The van der Waals surface area contributed by atoms with Crippen molar-refractivity contribution in [2.24, 2.45) is 22.6 Å². The SMILES string of the molecule is CCC1CN(C(=NC)NCCCCN2CCC(C(N)=O)CC2)CCC1c1ccccc1.I. The molecule has 1 aromatic carbocycles. The standard InChI is InChI=1S/C25H41N5O.HI/c1-3-20-19-30(18-13-23(20)21-9-5-4-6-10-21)25(27-2)28-14-7-8-15-29-16-11-22(12-17-29)24(26)31;/h4-6,9-10,20,22-23H,3,7-8,11-19H2,1-2H3,(H2,26,31)(H,27,28);1H. The van der Waals surface area contributed by atoms with Gasteiger partial charge in [0.25, 0.3) is 0 Å². The Balaban J connectivity index is 0.00000363. The molecule has 0 radical (unpaired) electrons. The number of nitrogens with two attached hydrogens (primary N) is 1. The van der Waals surface area contributed by atoms with Crippen LogP contribution in [-0.4, -0.2) is 68.0 Å². The highest BCUT2D eigenvalue weighted by atomic mass is 127. The van der Waals surface area contributed by atoms with E-state index in [1.807, 2.05) is 7.05 Å². The number of hydrogen-bond donors (Lipinski definition) is 2. The smallest absolute Gasteiger partial charge is 0.220 e. The van der Waals surface area contributed by atoms with Crippen LogP contribution < -0.4 is 11.1 Å². The van der Waals surface area contributed by atoms with Crippen LogP contribution in [-0.2, 0) is 4.79 Å². The first-order chi connectivity index (χ1) is 15.1. The number of primary amides is 1. The van der Waals surface area contributed by atoms with Crippen LogP contribution >= 0.6 is 24.0 Å². The minimum Gasteiger partial charge on any atom is -0.369 e.